The summed E-state index contributed by atoms with van der Waals surface area (Å²) in [6.07, 6.45) is 4.08. The molecule has 8 heteroatoms. The van der Waals surface area contributed by atoms with Gasteiger partial charge in [-0.1, -0.05) is 40.6 Å². The maximum absolute atomic E-state index is 12.9. The molecule has 0 unspecified atom stereocenters. The van der Waals surface area contributed by atoms with Crippen molar-refractivity contribution in [1.29, 1.82) is 0 Å². The zero-order valence-corrected chi connectivity index (χ0v) is 16.7. The number of likely N-dealkylation sites (tertiary alicyclic amines) is 1. The first-order chi connectivity index (χ1) is 14.6. The molecule has 1 fully saturated rings. The third-order valence-electron chi connectivity index (χ3n) is 5.52. The molecule has 4 rings (SSSR count). The summed E-state index contributed by atoms with van der Waals surface area (Å²) in [5.74, 6) is -0.103. The molecule has 2 atom stereocenters. The largest absolute Gasteiger partial charge is 0.347 e. The molecule has 2 aromatic heterocycles. The maximum Gasteiger partial charge on any atom is 0.251 e. The first-order valence-electron chi connectivity index (χ1n) is 9.93. The molecule has 0 saturated carbocycles. The summed E-state index contributed by atoms with van der Waals surface area (Å²) >= 11 is 0. The number of hydrogen-bond acceptors (Lipinski definition) is 6. The number of carbonyl (C=O) groups is 2. The quantitative estimate of drug-likeness (QED) is 0.698. The molecule has 154 valence electrons. The highest BCUT2D eigenvalue weighted by Gasteiger charge is 2.34. The molecule has 3 heterocycles. The summed E-state index contributed by atoms with van der Waals surface area (Å²) in [4.78, 5) is 31.4. The Morgan fingerprint density at radius 3 is 2.60 bits per heavy atom. The van der Waals surface area contributed by atoms with E-state index in [1.807, 2.05) is 18.2 Å². The van der Waals surface area contributed by atoms with Crippen LogP contribution in [0.5, 0.6) is 0 Å². The first-order valence-corrected chi connectivity index (χ1v) is 9.93. The molecule has 30 heavy (non-hydrogen) atoms. The molecule has 1 saturated heterocycles. The van der Waals surface area contributed by atoms with E-state index in [9.17, 15) is 9.59 Å². The van der Waals surface area contributed by atoms with Crippen LogP contribution in [0, 0.1) is 6.92 Å². The molecule has 0 aliphatic carbocycles. The Labute approximate surface area is 174 Å². The van der Waals surface area contributed by atoms with E-state index in [0.29, 0.717) is 30.0 Å². The van der Waals surface area contributed by atoms with Crippen LogP contribution in [0.15, 0.2) is 59.5 Å². The van der Waals surface area contributed by atoms with E-state index in [1.165, 1.54) is 0 Å². The second-order valence-electron chi connectivity index (χ2n) is 7.43. The van der Waals surface area contributed by atoms with Crippen LogP contribution in [0.2, 0.25) is 0 Å². The van der Waals surface area contributed by atoms with Gasteiger partial charge in [-0.15, -0.1) is 0 Å². The number of carbonyl (C=O) groups excluding carboxylic acids is 2. The van der Waals surface area contributed by atoms with E-state index < -0.39 is 0 Å². The Morgan fingerprint density at radius 2 is 1.90 bits per heavy atom. The SMILES string of the molecule is Cc1nonc1CC(=O)N1CC[C@@H](c2ccccc2)[C@@H](NC(=O)c2ccncc2)C1. The van der Waals surface area contributed by atoms with Crippen molar-refractivity contribution in [2.45, 2.75) is 31.7 Å². The smallest absolute Gasteiger partial charge is 0.251 e. The summed E-state index contributed by atoms with van der Waals surface area (Å²) in [6, 6.07) is 13.3. The Hall–Kier alpha value is -3.55. The third kappa shape index (κ3) is 4.37. The fourth-order valence-electron chi connectivity index (χ4n) is 3.84. The Kier molecular flexibility index (Phi) is 5.83. The average molecular weight is 405 g/mol. The minimum absolute atomic E-state index is 0.0523. The van der Waals surface area contributed by atoms with E-state index in [2.05, 4.69) is 32.7 Å². The van der Waals surface area contributed by atoms with Gasteiger partial charge in [0, 0.05) is 37.0 Å². The van der Waals surface area contributed by atoms with E-state index in [0.717, 1.165) is 12.0 Å². The molecule has 1 aliphatic heterocycles. The molecule has 3 aromatic rings. The minimum atomic E-state index is -0.206. The lowest BCUT2D eigenvalue weighted by Crippen LogP contribution is -2.53. The van der Waals surface area contributed by atoms with Crippen molar-refractivity contribution in [2.24, 2.45) is 0 Å². The molecule has 1 aromatic carbocycles. The van der Waals surface area contributed by atoms with Crippen LogP contribution in [0.3, 0.4) is 0 Å². The fourth-order valence-corrected chi connectivity index (χ4v) is 3.84. The highest BCUT2D eigenvalue weighted by Crippen LogP contribution is 2.29. The van der Waals surface area contributed by atoms with Crippen LogP contribution in [0.1, 0.15) is 39.6 Å². The topological polar surface area (TPSA) is 101 Å². The van der Waals surface area contributed by atoms with Gasteiger partial charge in [0.05, 0.1) is 12.5 Å². The third-order valence-corrected chi connectivity index (χ3v) is 5.52. The highest BCUT2D eigenvalue weighted by atomic mass is 16.6. The molecule has 0 radical (unpaired) electrons. The van der Waals surface area contributed by atoms with Crippen molar-refractivity contribution in [3.8, 4) is 0 Å². The van der Waals surface area contributed by atoms with Gasteiger partial charge >= 0.3 is 0 Å². The second-order valence-corrected chi connectivity index (χ2v) is 7.43. The van der Waals surface area contributed by atoms with Gasteiger partial charge in [-0.05, 0) is 31.0 Å². The summed E-state index contributed by atoms with van der Waals surface area (Å²) in [5, 5.41) is 10.7. The Balaban J connectivity index is 1.52. The van der Waals surface area contributed by atoms with Gasteiger partial charge < -0.3 is 10.2 Å². The van der Waals surface area contributed by atoms with Crippen LogP contribution >= 0.6 is 0 Å². The lowest BCUT2D eigenvalue weighted by atomic mass is 9.85. The van der Waals surface area contributed by atoms with Crippen molar-refractivity contribution < 1.29 is 14.2 Å². The standard InChI is InChI=1S/C22H23N5O3/c1-15-19(26-30-25-15)13-21(28)27-12-9-18(16-5-3-2-4-6-16)20(14-27)24-22(29)17-7-10-23-11-8-17/h2-8,10-11,18,20H,9,12-14H2,1H3,(H,24,29)/t18-,20-/m0/s1. The van der Waals surface area contributed by atoms with Crippen molar-refractivity contribution in [3.63, 3.8) is 0 Å². The molecular formula is C22H23N5O3. The van der Waals surface area contributed by atoms with Crippen LogP contribution in [0.25, 0.3) is 0 Å². The molecule has 0 spiro atoms. The lowest BCUT2D eigenvalue weighted by Gasteiger charge is -2.39. The molecule has 0 bridgehead atoms. The number of aryl methyl sites for hydroxylation is 1. The number of aromatic nitrogens is 3. The zero-order chi connectivity index (χ0) is 20.9. The summed E-state index contributed by atoms with van der Waals surface area (Å²) < 4.78 is 4.70. The summed E-state index contributed by atoms with van der Waals surface area (Å²) in [5.41, 5.74) is 2.86. The monoisotopic (exact) mass is 405 g/mol. The second kappa shape index (κ2) is 8.86. The van der Waals surface area contributed by atoms with Gasteiger partial charge in [-0.2, -0.15) is 0 Å². The normalized spacial score (nSPS) is 18.8. The molecule has 1 aliphatic rings. The van der Waals surface area contributed by atoms with Gasteiger partial charge in [0.1, 0.15) is 11.4 Å². The fraction of sp³-hybridized carbons (Fsp3) is 0.318. The van der Waals surface area contributed by atoms with E-state index in [4.69, 9.17) is 4.63 Å². The predicted octanol–water partition coefficient (Wildman–Crippen LogP) is 2.13. The van der Waals surface area contributed by atoms with Crippen LogP contribution in [-0.2, 0) is 11.2 Å². The average Bonchev–Trinajstić information content (AvgIpc) is 3.19. The van der Waals surface area contributed by atoms with Gasteiger partial charge in [0.25, 0.3) is 5.91 Å². The van der Waals surface area contributed by atoms with Gasteiger partial charge in [0.15, 0.2) is 0 Å². The van der Waals surface area contributed by atoms with E-state index >= 15 is 0 Å². The summed E-state index contributed by atoms with van der Waals surface area (Å²) in [7, 11) is 0. The number of pyridine rings is 1. The van der Waals surface area contributed by atoms with Gasteiger partial charge in [0.2, 0.25) is 5.91 Å². The number of nitrogens with one attached hydrogen (secondary N) is 1. The summed E-state index contributed by atoms with van der Waals surface area (Å²) in [6.45, 7) is 2.81. The number of hydrogen-bond donors (Lipinski definition) is 1. The van der Waals surface area contributed by atoms with Crippen LogP contribution in [-0.4, -0.2) is 51.1 Å². The molecule has 2 amide bonds. The van der Waals surface area contributed by atoms with Crippen LogP contribution < -0.4 is 5.32 Å². The number of nitrogens with zero attached hydrogens (tertiary/aromatic N) is 4. The van der Waals surface area contributed by atoms with Gasteiger partial charge in [-0.25, -0.2) is 4.63 Å². The number of rotatable bonds is 5. The van der Waals surface area contributed by atoms with E-state index in [-0.39, 0.29) is 30.2 Å². The zero-order valence-electron chi connectivity index (χ0n) is 16.7. The first kappa shape index (κ1) is 19.8. The lowest BCUT2D eigenvalue weighted by molar-refractivity contribution is -0.132. The molecular weight excluding hydrogens is 382 g/mol. The number of amides is 2. The van der Waals surface area contributed by atoms with Crippen molar-refractivity contribution in [3.05, 3.63) is 77.4 Å². The van der Waals surface area contributed by atoms with Gasteiger partial charge in [-0.3, -0.25) is 14.6 Å². The Morgan fingerprint density at radius 1 is 1.13 bits per heavy atom. The number of benzene rings is 1. The minimum Gasteiger partial charge on any atom is -0.347 e. The highest BCUT2D eigenvalue weighted by molar-refractivity contribution is 5.94. The van der Waals surface area contributed by atoms with Crippen molar-refractivity contribution >= 4 is 11.8 Å². The predicted molar refractivity (Wildman–Crippen MR) is 109 cm³/mol. The van der Waals surface area contributed by atoms with Crippen molar-refractivity contribution in [1.82, 2.24) is 25.5 Å². The maximum atomic E-state index is 12.9. The van der Waals surface area contributed by atoms with E-state index in [1.54, 1.807) is 36.4 Å². The van der Waals surface area contributed by atoms with Crippen LogP contribution in [0.4, 0.5) is 0 Å². The Bertz CT molecular complexity index is 1010. The number of piperidine rings is 1. The molecule has 8 nitrogen and oxygen atoms in total. The van der Waals surface area contributed by atoms with Crippen molar-refractivity contribution in [2.75, 3.05) is 13.1 Å². The molecule has 1 N–H and O–H groups in total.